The molecule has 0 aromatic rings. The largest absolute Gasteiger partial charge is 0.298 e. The average molecular weight is 153 g/mol. The number of nitrogens with one attached hydrogen (secondary N) is 2. The topological polar surface area (TPSA) is 24.1 Å². The Morgan fingerprint density at radius 3 is 2.55 bits per heavy atom. The van der Waals surface area contributed by atoms with Crippen molar-refractivity contribution < 1.29 is 0 Å². The van der Waals surface area contributed by atoms with E-state index in [0.29, 0.717) is 0 Å². The van der Waals surface area contributed by atoms with Gasteiger partial charge in [0, 0.05) is 12.6 Å². The first-order valence-electron chi connectivity index (χ1n) is 4.78. The maximum absolute atomic E-state index is 3.39. The van der Waals surface area contributed by atoms with Crippen molar-refractivity contribution in [3.8, 4) is 0 Å². The van der Waals surface area contributed by atoms with Crippen LogP contribution >= 0.6 is 0 Å². The number of hydrogen-bond donors (Lipinski definition) is 2. The minimum absolute atomic E-state index is 0.732. The van der Waals surface area contributed by atoms with Gasteiger partial charge in [-0.1, -0.05) is 19.3 Å². The maximum Gasteiger partial charge on any atom is 0.0869 e. The zero-order valence-corrected chi connectivity index (χ0v) is 6.97. The Balaban J connectivity index is 1.82. The van der Waals surface area contributed by atoms with Crippen LogP contribution in [0.4, 0.5) is 0 Å². The van der Waals surface area contributed by atoms with Crippen LogP contribution in [0.1, 0.15) is 32.1 Å². The van der Waals surface area contributed by atoms with Crippen molar-refractivity contribution in [1.29, 1.82) is 0 Å². The van der Waals surface area contributed by atoms with Crippen molar-refractivity contribution in [2.75, 3.05) is 6.54 Å². The molecule has 0 amide bonds. The molecule has 0 aromatic heterocycles. The van der Waals surface area contributed by atoms with Gasteiger partial charge >= 0.3 is 0 Å². The molecule has 1 unspecified atom stereocenters. The summed E-state index contributed by atoms with van der Waals surface area (Å²) < 4.78 is 0. The standard InChI is InChI=1S/C9H17N2/c1-2-4-8(5-3-1)9-6-10-7-11-9/h7-11H,1-6H2. The molecule has 0 bridgehead atoms. The molecule has 2 N–H and O–H groups in total. The van der Waals surface area contributed by atoms with Crippen molar-refractivity contribution in [1.82, 2.24) is 10.6 Å². The lowest BCUT2D eigenvalue weighted by molar-refractivity contribution is 0.298. The highest BCUT2D eigenvalue weighted by atomic mass is 15.2. The molecule has 1 atom stereocenters. The van der Waals surface area contributed by atoms with Crippen molar-refractivity contribution in [3.05, 3.63) is 6.67 Å². The fourth-order valence-electron chi connectivity index (χ4n) is 2.25. The van der Waals surface area contributed by atoms with Crippen LogP contribution in [-0.4, -0.2) is 12.6 Å². The van der Waals surface area contributed by atoms with E-state index < -0.39 is 0 Å². The number of hydrogen-bond acceptors (Lipinski definition) is 2. The lowest BCUT2D eigenvalue weighted by Gasteiger charge is -2.26. The molecular formula is C9H17N2. The zero-order valence-electron chi connectivity index (χ0n) is 6.97. The third kappa shape index (κ3) is 1.74. The Labute approximate surface area is 68.7 Å². The van der Waals surface area contributed by atoms with Crippen LogP contribution in [0, 0.1) is 12.6 Å². The van der Waals surface area contributed by atoms with Crippen LogP contribution in [0.2, 0.25) is 0 Å². The van der Waals surface area contributed by atoms with Gasteiger partial charge in [0.25, 0.3) is 0 Å². The second kappa shape index (κ2) is 3.55. The summed E-state index contributed by atoms with van der Waals surface area (Å²) in [6.07, 6.45) is 7.23. The molecule has 2 aliphatic rings. The van der Waals surface area contributed by atoms with Gasteiger partial charge in [0.1, 0.15) is 0 Å². The van der Waals surface area contributed by atoms with E-state index in [9.17, 15) is 0 Å². The van der Waals surface area contributed by atoms with Crippen molar-refractivity contribution in [3.63, 3.8) is 0 Å². The molecule has 2 fully saturated rings. The molecule has 0 spiro atoms. The third-order valence-corrected chi connectivity index (χ3v) is 2.96. The molecule has 63 valence electrons. The summed E-state index contributed by atoms with van der Waals surface area (Å²) in [5, 5.41) is 6.62. The van der Waals surface area contributed by atoms with Gasteiger partial charge in [-0.3, -0.25) is 10.6 Å². The quantitative estimate of drug-likeness (QED) is 0.592. The highest BCUT2D eigenvalue weighted by Gasteiger charge is 2.25. The highest BCUT2D eigenvalue weighted by Crippen LogP contribution is 2.27. The number of rotatable bonds is 1. The Morgan fingerprint density at radius 1 is 1.09 bits per heavy atom. The minimum Gasteiger partial charge on any atom is -0.298 e. The highest BCUT2D eigenvalue weighted by molar-refractivity contribution is 4.88. The van der Waals surface area contributed by atoms with Crippen LogP contribution in [0.5, 0.6) is 0 Å². The van der Waals surface area contributed by atoms with Gasteiger partial charge in [-0.2, -0.15) is 0 Å². The summed E-state index contributed by atoms with van der Waals surface area (Å²) in [7, 11) is 0. The van der Waals surface area contributed by atoms with Crippen molar-refractivity contribution >= 4 is 0 Å². The van der Waals surface area contributed by atoms with Gasteiger partial charge in [0.2, 0.25) is 0 Å². The smallest absolute Gasteiger partial charge is 0.0869 e. The first-order valence-corrected chi connectivity index (χ1v) is 4.78. The van der Waals surface area contributed by atoms with Crippen LogP contribution in [0.25, 0.3) is 0 Å². The monoisotopic (exact) mass is 153 g/mol. The van der Waals surface area contributed by atoms with Crippen LogP contribution < -0.4 is 10.6 Å². The van der Waals surface area contributed by atoms with Gasteiger partial charge in [-0.05, 0) is 18.8 Å². The molecule has 1 radical (unpaired) electrons. The average Bonchev–Trinajstić information content (AvgIpc) is 2.58. The van der Waals surface area contributed by atoms with Gasteiger partial charge in [-0.15, -0.1) is 0 Å². The Bertz CT molecular complexity index is 113. The van der Waals surface area contributed by atoms with Gasteiger partial charge in [0.05, 0.1) is 6.67 Å². The van der Waals surface area contributed by atoms with E-state index in [1.165, 1.54) is 32.1 Å². The molecule has 1 saturated heterocycles. The van der Waals surface area contributed by atoms with Gasteiger partial charge in [0.15, 0.2) is 0 Å². The van der Waals surface area contributed by atoms with Crippen LogP contribution in [-0.2, 0) is 0 Å². The summed E-state index contributed by atoms with van der Waals surface area (Å²) in [5.74, 6) is 0.940. The molecule has 1 aliphatic carbocycles. The molecule has 1 aliphatic heterocycles. The van der Waals surface area contributed by atoms with Gasteiger partial charge < -0.3 is 0 Å². The van der Waals surface area contributed by atoms with Crippen molar-refractivity contribution in [2.24, 2.45) is 5.92 Å². The summed E-state index contributed by atoms with van der Waals surface area (Å²) in [5.41, 5.74) is 0. The summed E-state index contributed by atoms with van der Waals surface area (Å²) in [6.45, 7) is 3.14. The second-order valence-electron chi connectivity index (χ2n) is 3.72. The van der Waals surface area contributed by atoms with Crippen molar-refractivity contribution in [2.45, 2.75) is 38.1 Å². The molecule has 11 heavy (non-hydrogen) atoms. The summed E-state index contributed by atoms with van der Waals surface area (Å²) in [6, 6.07) is 0.732. The van der Waals surface area contributed by atoms with E-state index in [1.807, 2.05) is 6.67 Å². The Kier molecular flexibility index (Phi) is 2.44. The molecule has 1 saturated carbocycles. The predicted molar refractivity (Wildman–Crippen MR) is 45.8 cm³/mol. The fraction of sp³-hybridized carbons (Fsp3) is 0.889. The molecule has 0 aromatic carbocycles. The molecular weight excluding hydrogens is 136 g/mol. The fourth-order valence-corrected chi connectivity index (χ4v) is 2.25. The lowest BCUT2D eigenvalue weighted by atomic mass is 9.84. The van der Waals surface area contributed by atoms with E-state index >= 15 is 0 Å². The second-order valence-corrected chi connectivity index (χ2v) is 3.72. The van der Waals surface area contributed by atoms with E-state index in [-0.39, 0.29) is 0 Å². The molecule has 2 nitrogen and oxygen atoms in total. The normalized spacial score (nSPS) is 34.4. The van der Waals surface area contributed by atoms with E-state index in [4.69, 9.17) is 0 Å². The maximum atomic E-state index is 3.39. The molecule has 1 heterocycles. The summed E-state index contributed by atoms with van der Waals surface area (Å²) >= 11 is 0. The van der Waals surface area contributed by atoms with E-state index in [0.717, 1.165) is 18.5 Å². The minimum atomic E-state index is 0.732. The third-order valence-electron chi connectivity index (χ3n) is 2.96. The Morgan fingerprint density at radius 2 is 1.91 bits per heavy atom. The van der Waals surface area contributed by atoms with Crippen LogP contribution in [0.15, 0.2) is 0 Å². The van der Waals surface area contributed by atoms with Crippen LogP contribution in [0.3, 0.4) is 0 Å². The lowest BCUT2D eigenvalue weighted by Crippen LogP contribution is -2.33. The summed E-state index contributed by atoms with van der Waals surface area (Å²) in [4.78, 5) is 0. The molecule has 2 heteroatoms. The predicted octanol–water partition coefficient (Wildman–Crippen LogP) is 1.25. The Hall–Kier alpha value is -0.0800. The first-order chi connectivity index (χ1) is 5.47. The van der Waals surface area contributed by atoms with Gasteiger partial charge in [-0.25, -0.2) is 0 Å². The van der Waals surface area contributed by atoms with E-state index in [1.54, 1.807) is 0 Å². The first kappa shape index (κ1) is 7.56. The SMILES string of the molecule is [CH]1NCC(C2CCCCC2)N1. The molecule has 2 rings (SSSR count). The van der Waals surface area contributed by atoms with E-state index in [2.05, 4.69) is 10.6 Å². The zero-order chi connectivity index (χ0) is 7.52.